The highest BCUT2D eigenvalue weighted by Crippen LogP contribution is 2.27. The molecule has 17 heteroatoms. The Morgan fingerprint density at radius 3 is 1.62 bits per heavy atom. The number of carbonyl (C=O) groups excluding carboxylic acids is 6. The summed E-state index contributed by atoms with van der Waals surface area (Å²) in [6.45, 7) is 3.00. The first kappa shape index (κ1) is 41.8. The second kappa shape index (κ2) is 23.2. The van der Waals surface area contributed by atoms with Gasteiger partial charge in [-0.15, -0.1) is 0 Å². The predicted molar refractivity (Wildman–Crippen MR) is 187 cm³/mol. The number of hydrogen-bond donors (Lipinski definition) is 8. The van der Waals surface area contributed by atoms with Crippen molar-refractivity contribution in [3.05, 3.63) is 0 Å². The van der Waals surface area contributed by atoms with Crippen molar-refractivity contribution in [1.82, 2.24) is 26.6 Å². The Morgan fingerprint density at radius 1 is 0.702 bits per heavy atom. The lowest BCUT2D eigenvalue weighted by molar-refractivity contribution is -0.135. The van der Waals surface area contributed by atoms with Gasteiger partial charge < -0.3 is 43.8 Å². The lowest BCUT2D eigenvalue weighted by atomic mass is 9.84. The first-order valence-electron chi connectivity index (χ1n) is 16.1. The van der Waals surface area contributed by atoms with Gasteiger partial charge in [0, 0.05) is 13.5 Å². The fraction of sp³-hybridized carbons (Fsp3) is 0.767. The Kier molecular flexibility index (Phi) is 20.6. The van der Waals surface area contributed by atoms with Gasteiger partial charge in [-0.25, -0.2) is 0 Å². The zero-order valence-electron chi connectivity index (χ0n) is 28.1. The molecule has 0 aromatic rings. The van der Waals surface area contributed by atoms with Crippen molar-refractivity contribution in [2.45, 2.75) is 108 Å². The van der Waals surface area contributed by atoms with E-state index in [0.29, 0.717) is 24.3 Å². The molecule has 0 spiro atoms. The third-order valence-electron chi connectivity index (χ3n) is 7.84. The van der Waals surface area contributed by atoms with Crippen LogP contribution in [0.1, 0.15) is 78.1 Å². The number of aliphatic imine (C=N–C) groups is 1. The third-order valence-corrected chi connectivity index (χ3v) is 9.13. The molecular weight excluding hydrogens is 647 g/mol. The molecule has 1 fully saturated rings. The molecule has 0 heterocycles. The van der Waals surface area contributed by atoms with Gasteiger partial charge >= 0.3 is 0 Å². The minimum absolute atomic E-state index is 0.104. The van der Waals surface area contributed by atoms with Crippen LogP contribution in [-0.2, 0) is 28.8 Å². The molecule has 15 nitrogen and oxygen atoms in total. The van der Waals surface area contributed by atoms with Crippen LogP contribution in [0.25, 0.3) is 0 Å². The summed E-state index contributed by atoms with van der Waals surface area (Å²) >= 11 is 2.96. The summed E-state index contributed by atoms with van der Waals surface area (Å²) in [5.41, 5.74) is 16.2. The summed E-state index contributed by atoms with van der Waals surface area (Å²) in [6, 6.07) is -4.82. The van der Waals surface area contributed by atoms with Gasteiger partial charge in [0.2, 0.25) is 35.4 Å². The zero-order valence-corrected chi connectivity index (χ0v) is 29.7. The van der Waals surface area contributed by atoms with Crippen molar-refractivity contribution in [2.75, 3.05) is 30.6 Å². The number of thioether (sulfide) groups is 2. The summed E-state index contributed by atoms with van der Waals surface area (Å²) in [5, 5.41) is 13.5. The fourth-order valence-electron chi connectivity index (χ4n) is 5.22. The molecule has 6 amide bonds. The number of guanidine groups is 1. The maximum atomic E-state index is 13.7. The quantitative estimate of drug-likeness (QED) is 0.0407. The molecule has 5 atom stereocenters. The lowest BCUT2D eigenvalue weighted by Crippen LogP contribution is -2.59. The summed E-state index contributed by atoms with van der Waals surface area (Å²) in [6.07, 6.45) is 10.4. The fourth-order valence-corrected chi connectivity index (χ4v) is 6.16. The molecule has 1 saturated carbocycles. The summed E-state index contributed by atoms with van der Waals surface area (Å²) in [7, 11) is 0. The van der Waals surface area contributed by atoms with Crippen molar-refractivity contribution in [3.63, 3.8) is 0 Å². The van der Waals surface area contributed by atoms with E-state index >= 15 is 0 Å². The van der Waals surface area contributed by atoms with Gasteiger partial charge in [-0.3, -0.25) is 33.8 Å². The van der Waals surface area contributed by atoms with Crippen LogP contribution in [0.4, 0.5) is 0 Å². The highest BCUT2D eigenvalue weighted by molar-refractivity contribution is 7.98. The summed E-state index contributed by atoms with van der Waals surface area (Å²) in [4.78, 5) is 81.1. The largest absolute Gasteiger partial charge is 0.370 e. The molecule has 0 aromatic heterocycles. The maximum absolute atomic E-state index is 13.7. The number of nitrogens with one attached hydrogen (secondary N) is 5. The van der Waals surface area contributed by atoms with Crippen LogP contribution < -0.4 is 43.8 Å². The molecular formula is C30H55N9O6S2. The van der Waals surface area contributed by atoms with Crippen LogP contribution in [0.2, 0.25) is 0 Å². The molecule has 0 unspecified atom stereocenters. The SMILES string of the molecule is CSCC[C@H](NC(=O)[C@H](CCSC)NC(=O)[C@H](CCCN=C(N)N)NC(=O)[C@H](CC1CCCCC1)NC(C)=O)C(=O)N[C@@H](C)C(N)=O. The topological polar surface area (TPSA) is 253 Å². The van der Waals surface area contributed by atoms with E-state index in [0.717, 1.165) is 32.1 Å². The van der Waals surface area contributed by atoms with Crippen LogP contribution in [0.5, 0.6) is 0 Å². The number of amides is 6. The van der Waals surface area contributed by atoms with E-state index < -0.39 is 59.7 Å². The number of nitrogens with zero attached hydrogens (tertiary/aromatic N) is 1. The smallest absolute Gasteiger partial charge is 0.243 e. The van der Waals surface area contributed by atoms with E-state index in [4.69, 9.17) is 17.2 Å². The van der Waals surface area contributed by atoms with E-state index in [2.05, 4.69) is 31.6 Å². The number of rotatable bonds is 22. The van der Waals surface area contributed by atoms with Crippen LogP contribution in [0.3, 0.4) is 0 Å². The minimum atomic E-state index is -1.06. The number of primary amides is 1. The van der Waals surface area contributed by atoms with Crippen molar-refractivity contribution in [3.8, 4) is 0 Å². The van der Waals surface area contributed by atoms with Gasteiger partial charge in [0.15, 0.2) is 5.96 Å². The monoisotopic (exact) mass is 701 g/mol. The average molecular weight is 702 g/mol. The van der Waals surface area contributed by atoms with E-state index in [1.807, 2.05) is 12.5 Å². The summed E-state index contributed by atoms with van der Waals surface area (Å²) in [5.74, 6) is -2.07. The van der Waals surface area contributed by atoms with Crippen molar-refractivity contribution < 1.29 is 28.8 Å². The molecule has 11 N–H and O–H groups in total. The second-order valence-electron chi connectivity index (χ2n) is 11.8. The van der Waals surface area contributed by atoms with Gasteiger partial charge in [0.1, 0.15) is 30.2 Å². The Hall–Kier alpha value is -3.21. The Balaban J connectivity index is 3.18. The van der Waals surface area contributed by atoms with E-state index in [1.54, 1.807) is 0 Å². The molecule has 0 saturated heterocycles. The molecule has 0 bridgehead atoms. The zero-order chi connectivity index (χ0) is 35.4. The highest BCUT2D eigenvalue weighted by Gasteiger charge is 2.32. The van der Waals surface area contributed by atoms with Gasteiger partial charge in [0.05, 0.1) is 0 Å². The van der Waals surface area contributed by atoms with Gasteiger partial charge in [-0.05, 0) is 69.0 Å². The van der Waals surface area contributed by atoms with Gasteiger partial charge in [0.25, 0.3) is 0 Å². The maximum Gasteiger partial charge on any atom is 0.243 e. The first-order chi connectivity index (χ1) is 22.3. The highest BCUT2D eigenvalue weighted by atomic mass is 32.2. The molecule has 1 rings (SSSR count). The number of nitrogens with two attached hydrogens (primary N) is 3. The van der Waals surface area contributed by atoms with Gasteiger partial charge in [-0.1, -0.05) is 32.1 Å². The van der Waals surface area contributed by atoms with E-state index in [9.17, 15) is 28.8 Å². The predicted octanol–water partition coefficient (Wildman–Crippen LogP) is -0.534. The minimum Gasteiger partial charge on any atom is -0.370 e. The molecule has 1 aliphatic rings. The molecule has 0 aliphatic heterocycles. The third kappa shape index (κ3) is 17.5. The van der Waals surface area contributed by atoms with Crippen molar-refractivity contribution >= 4 is 64.9 Å². The van der Waals surface area contributed by atoms with Gasteiger partial charge in [-0.2, -0.15) is 23.5 Å². The molecule has 0 radical (unpaired) electrons. The number of carbonyl (C=O) groups is 6. The Bertz CT molecular complexity index is 1070. The second-order valence-corrected chi connectivity index (χ2v) is 13.8. The molecule has 268 valence electrons. The van der Waals surface area contributed by atoms with E-state index in [-0.39, 0.29) is 43.6 Å². The lowest BCUT2D eigenvalue weighted by Gasteiger charge is -2.29. The van der Waals surface area contributed by atoms with Crippen LogP contribution in [0.15, 0.2) is 4.99 Å². The first-order valence-corrected chi connectivity index (χ1v) is 18.9. The average Bonchev–Trinajstić information content (AvgIpc) is 3.01. The molecule has 0 aromatic carbocycles. The van der Waals surface area contributed by atoms with Crippen molar-refractivity contribution in [1.29, 1.82) is 0 Å². The molecule has 1 aliphatic carbocycles. The van der Waals surface area contributed by atoms with Crippen LogP contribution in [-0.4, -0.2) is 102 Å². The normalized spacial score (nSPS) is 16.3. The number of hydrogen-bond acceptors (Lipinski definition) is 9. The Morgan fingerprint density at radius 2 is 1.17 bits per heavy atom. The summed E-state index contributed by atoms with van der Waals surface area (Å²) < 4.78 is 0. The van der Waals surface area contributed by atoms with Crippen LogP contribution in [0, 0.1) is 5.92 Å². The molecule has 47 heavy (non-hydrogen) atoms. The van der Waals surface area contributed by atoms with Crippen LogP contribution >= 0.6 is 23.5 Å². The standard InChI is InChI=1S/C30H55N9O6S2/c1-18(25(31)41)35-26(42)22(12-15-46-3)38-28(44)23(13-16-47-4)39-27(43)21(11-8-14-34-30(32)33)37-29(45)24(36-19(2)40)17-20-9-6-5-7-10-20/h18,20-24H,5-17H2,1-4H3,(H2,31,41)(H,35,42)(H,36,40)(H,37,45)(H,38,44)(H,39,43)(H4,32,33,34)/t18-,21-,22-,23-,24-/m0/s1. The Labute approximate surface area is 286 Å². The van der Waals surface area contributed by atoms with Crippen molar-refractivity contribution in [2.24, 2.45) is 28.1 Å². The van der Waals surface area contributed by atoms with E-state index in [1.165, 1.54) is 37.4 Å².